The first-order valence-corrected chi connectivity index (χ1v) is 9.57. The molecule has 6 nitrogen and oxygen atoms in total. The predicted molar refractivity (Wildman–Crippen MR) is 111 cm³/mol. The number of hydrogen-bond acceptors (Lipinski definition) is 5. The number of aromatic nitrogens is 1. The third kappa shape index (κ3) is 3.77. The molecule has 4 rings (SSSR count). The van der Waals surface area contributed by atoms with Crippen LogP contribution in [0.25, 0.3) is 5.76 Å². The number of ketones is 1. The van der Waals surface area contributed by atoms with Gasteiger partial charge in [-0.2, -0.15) is 0 Å². The molecule has 1 aromatic heterocycles. The molecule has 1 N–H and O–H groups in total. The van der Waals surface area contributed by atoms with Crippen molar-refractivity contribution >= 4 is 17.4 Å². The number of ether oxygens (including phenoxy) is 1. The normalized spacial score (nSPS) is 17.7. The Kier molecular flexibility index (Phi) is 5.49. The number of carbonyl (C=O) groups is 2. The van der Waals surface area contributed by atoms with Gasteiger partial charge in [0.25, 0.3) is 11.7 Å². The molecule has 0 spiro atoms. The van der Waals surface area contributed by atoms with Crippen molar-refractivity contribution in [2.24, 2.45) is 0 Å². The summed E-state index contributed by atoms with van der Waals surface area (Å²) in [5.41, 5.74) is 0.960. The molecule has 2 aromatic carbocycles. The van der Waals surface area contributed by atoms with Gasteiger partial charge in [-0.15, -0.1) is 0 Å². The van der Waals surface area contributed by atoms with Crippen molar-refractivity contribution in [2.45, 2.75) is 12.6 Å². The maximum Gasteiger partial charge on any atom is 0.295 e. The fourth-order valence-electron chi connectivity index (χ4n) is 3.66. The molecule has 1 fully saturated rings. The lowest BCUT2D eigenvalue weighted by molar-refractivity contribution is -0.140. The lowest BCUT2D eigenvalue weighted by Crippen LogP contribution is -2.29. The zero-order valence-corrected chi connectivity index (χ0v) is 16.7. The van der Waals surface area contributed by atoms with E-state index in [-0.39, 0.29) is 23.4 Å². The highest BCUT2D eigenvalue weighted by atomic mass is 19.1. The first-order valence-electron chi connectivity index (χ1n) is 9.57. The quantitative estimate of drug-likeness (QED) is 0.387. The second-order valence-electron chi connectivity index (χ2n) is 7.04. The lowest BCUT2D eigenvalue weighted by atomic mass is 9.94. The summed E-state index contributed by atoms with van der Waals surface area (Å²) in [6.45, 7) is 0.0385. The largest absolute Gasteiger partial charge is 0.507 e. The Hall–Kier alpha value is -4.00. The number of hydrogen-bond donors (Lipinski definition) is 1. The van der Waals surface area contributed by atoms with Gasteiger partial charge in [0.05, 0.1) is 18.7 Å². The SMILES string of the molecule is COc1ccc(/C(O)=C2\C(=O)C(=O)N(Cc3cccnc3)[C@@H]2c2ccccc2F)cc1. The minimum atomic E-state index is -1.08. The highest BCUT2D eigenvalue weighted by Crippen LogP contribution is 2.41. The number of benzene rings is 2. The van der Waals surface area contributed by atoms with Gasteiger partial charge in [-0.3, -0.25) is 14.6 Å². The van der Waals surface area contributed by atoms with Crippen LogP contribution in [0, 0.1) is 5.82 Å². The number of rotatable bonds is 5. The van der Waals surface area contributed by atoms with Crippen LogP contribution < -0.4 is 4.74 Å². The fraction of sp³-hybridized carbons (Fsp3) is 0.125. The summed E-state index contributed by atoms with van der Waals surface area (Å²) >= 11 is 0. The molecule has 1 aliphatic rings. The minimum absolute atomic E-state index is 0.0385. The minimum Gasteiger partial charge on any atom is -0.507 e. The summed E-state index contributed by atoms with van der Waals surface area (Å²) < 4.78 is 19.9. The summed E-state index contributed by atoms with van der Waals surface area (Å²) in [4.78, 5) is 31.2. The van der Waals surface area contributed by atoms with Crippen molar-refractivity contribution in [1.82, 2.24) is 9.88 Å². The van der Waals surface area contributed by atoms with Crippen molar-refractivity contribution in [1.29, 1.82) is 0 Å². The first-order chi connectivity index (χ1) is 15.0. The van der Waals surface area contributed by atoms with Crippen molar-refractivity contribution in [2.75, 3.05) is 7.11 Å². The number of halogens is 1. The molecular formula is C24H19FN2O4. The van der Waals surface area contributed by atoms with E-state index in [1.807, 2.05) is 0 Å². The highest BCUT2D eigenvalue weighted by Gasteiger charge is 2.46. The first kappa shape index (κ1) is 20.3. The van der Waals surface area contributed by atoms with E-state index in [4.69, 9.17) is 4.74 Å². The fourth-order valence-corrected chi connectivity index (χ4v) is 3.66. The van der Waals surface area contributed by atoms with Crippen molar-refractivity contribution in [3.8, 4) is 5.75 Å². The molecular weight excluding hydrogens is 399 g/mol. The number of aliphatic hydroxyl groups excluding tert-OH is 1. The molecule has 1 saturated heterocycles. The molecule has 1 atom stereocenters. The van der Waals surface area contributed by atoms with Crippen molar-refractivity contribution in [3.63, 3.8) is 0 Å². The van der Waals surface area contributed by atoms with Crippen LogP contribution in [0.15, 0.2) is 78.6 Å². The van der Waals surface area contributed by atoms with Gasteiger partial charge in [0.1, 0.15) is 17.3 Å². The van der Waals surface area contributed by atoms with Crippen LogP contribution in [0.1, 0.15) is 22.7 Å². The number of methoxy groups -OCH3 is 1. The number of likely N-dealkylation sites (tertiary alicyclic amines) is 1. The lowest BCUT2D eigenvalue weighted by Gasteiger charge is -2.25. The molecule has 0 bridgehead atoms. The predicted octanol–water partition coefficient (Wildman–Crippen LogP) is 3.85. The highest BCUT2D eigenvalue weighted by molar-refractivity contribution is 6.46. The van der Waals surface area contributed by atoms with Crippen LogP contribution in [0.5, 0.6) is 5.75 Å². The Balaban J connectivity index is 1.86. The average Bonchev–Trinajstić information content (AvgIpc) is 3.04. The van der Waals surface area contributed by atoms with Crippen LogP contribution in [0.4, 0.5) is 4.39 Å². The molecule has 0 radical (unpaired) electrons. The van der Waals surface area contributed by atoms with E-state index >= 15 is 0 Å². The van der Waals surface area contributed by atoms with Crippen LogP contribution in [-0.4, -0.2) is 33.8 Å². The summed E-state index contributed by atoms with van der Waals surface area (Å²) in [7, 11) is 1.51. The van der Waals surface area contributed by atoms with Crippen LogP contribution >= 0.6 is 0 Å². The third-order valence-corrected chi connectivity index (χ3v) is 5.18. The molecule has 2 heterocycles. The van der Waals surface area contributed by atoms with Crippen LogP contribution in [-0.2, 0) is 16.1 Å². The number of amides is 1. The van der Waals surface area contributed by atoms with E-state index < -0.39 is 23.5 Å². The summed E-state index contributed by atoms with van der Waals surface area (Å²) in [6, 6.07) is 14.7. The maximum atomic E-state index is 14.8. The van der Waals surface area contributed by atoms with E-state index in [2.05, 4.69) is 4.98 Å². The molecule has 1 amide bonds. The van der Waals surface area contributed by atoms with Gasteiger partial charge in [-0.1, -0.05) is 24.3 Å². The van der Waals surface area contributed by atoms with Gasteiger partial charge in [0.15, 0.2) is 0 Å². The molecule has 31 heavy (non-hydrogen) atoms. The molecule has 0 unspecified atom stereocenters. The monoisotopic (exact) mass is 418 g/mol. The van der Waals surface area contributed by atoms with Gasteiger partial charge in [0, 0.05) is 30.1 Å². The van der Waals surface area contributed by atoms with Crippen molar-refractivity contribution < 1.29 is 23.8 Å². The van der Waals surface area contributed by atoms with E-state index in [0.717, 1.165) is 0 Å². The number of nitrogens with zero attached hydrogens (tertiary/aromatic N) is 2. The third-order valence-electron chi connectivity index (χ3n) is 5.18. The zero-order valence-electron chi connectivity index (χ0n) is 16.7. The Morgan fingerprint density at radius 1 is 1.10 bits per heavy atom. The van der Waals surface area contributed by atoms with Gasteiger partial charge in [0.2, 0.25) is 0 Å². The molecule has 3 aromatic rings. The topological polar surface area (TPSA) is 79.7 Å². The molecule has 1 aliphatic heterocycles. The smallest absolute Gasteiger partial charge is 0.295 e. The Morgan fingerprint density at radius 2 is 1.84 bits per heavy atom. The Bertz CT molecular complexity index is 1160. The maximum absolute atomic E-state index is 14.8. The van der Waals surface area contributed by atoms with Gasteiger partial charge < -0.3 is 14.7 Å². The van der Waals surface area contributed by atoms with Gasteiger partial charge in [-0.05, 0) is 42.0 Å². The number of Topliss-reactive ketones (excluding diaryl/α,β-unsaturated/α-hetero) is 1. The number of pyridine rings is 1. The molecule has 7 heteroatoms. The van der Waals surface area contributed by atoms with Crippen LogP contribution in [0.3, 0.4) is 0 Å². The molecule has 0 saturated carbocycles. The Labute approximate surface area is 178 Å². The average molecular weight is 418 g/mol. The van der Waals surface area contributed by atoms with E-state index in [1.165, 1.54) is 30.2 Å². The standard InChI is InChI=1S/C24H19FN2O4/c1-31-17-10-8-16(9-11-17)22(28)20-21(18-6-2-3-7-19(18)25)27(24(30)23(20)29)14-15-5-4-12-26-13-15/h2-13,21,28H,14H2,1H3/b22-20+/t21-/m1/s1. The molecule has 156 valence electrons. The van der Waals surface area contributed by atoms with Crippen LogP contribution in [0.2, 0.25) is 0 Å². The van der Waals surface area contributed by atoms with Crippen molar-refractivity contribution in [3.05, 3.63) is 101 Å². The van der Waals surface area contributed by atoms with E-state index in [0.29, 0.717) is 16.9 Å². The second kappa shape index (κ2) is 8.39. The number of carbonyl (C=O) groups excluding carboxylic acids is 2. The van der Waals surface area contributed by atoms with Gasteiger partial charge >= 0.3 is 0 Å². The van der Waals surface area contributed by atoms with E-state index in [9.17, 15) is 19.1 Å². The second-order valence-corrected chi connectivity index (χ2v) is 7.04. The molecule has 0 aliphatic carbocycles. The summed E-state index contributed by atoms with van der Waals surface area (Å²) in [6.07, 6.45) is 3.16. The number of aliphatic hydroxyl groups is 1. The van der Waals surface area contributed by atoms with Gasteiger partial charge in [-0.25, -0.2) is 4.39 Å². The zero-order chi connectivity index (χ0) is 22.0. The van der Waals surface area contributed by atoms with E-state index in [1.54, 1.807) is 54.9 Å². The Morgan fingerprint density at radius 3 is 2.48 bits per heavy atom. The summed E-state index contributed by atoms with van der Waals surface area (Å²) in [5, 5.41) is 11.0. The summed E-state index contributed by atoms with van der Waals surface area (Å²) in [5.74, 6) is -2.06.